The van der Waals surface area contributed by atoms with Gasteiger partial charge in [0.2, 0.25) is 5.95 Å². The topological polar surface area (TPSA) is 96.2 Å². The van der Waals surface area contributed by atoms with Gasteiger partial charge in [0, 0.05) is 61.7 Å². The molecular weight excluding hydrogens is 414 g/mol. The van der Waals surface area contributed by atoms with Gasteiger partial charge >= 0.3 is 4.87 Å². The van der Waals surface area contributed by atoms with Crippen molar-refractivity contribution in [2.24, 2.45) is 7.05 Å². The number of nitrogens with one attached hydrogen (secondary N) is 1. The summed E-state index contributed by atoms with van der Waals surface area (Å²) in [6, 6.07) is 7.84. The van der Waals surface area contributed by atoms with Gasteiger partial charge in [-0.1, -0.05) is 12.1 Å². The summed E-state index contributed by atoms with van der Waals surface area (Å²) < 4.78 is 5.81. The Balaban J connectivity index is 1.58. The molecule has 1 atom stereocenters. The highest BCUT2D eigenvalue weighted by Crippen LogP contribution is 2.34. The van der Waals surface area contributed by atoms with Crippen LogP contribution >= 0.6 is 11.5 Å². The average Bonchev–Trinajstić information content (AvgIpc) is 3.35. The highest BCUT2D eigenvalue weighted by molar-refractivity contribution is 7.03. The Morgan fingerprint density at radius 3 is 2.94 bits per heavy atom. The van der Waals surface area contributed by atoms with Crippen LogP contribution in [-0.4, -0.2) is 50.5 Å². The number of carbonyl (C=O) groups excluding carboxylic acids is 1. The van der Waals surface area contributed by atoms with E-state index in [0.29, 0.717) is 36.2 Å². The Labute approximate surface area is 183 Å². The zero-order valence-corrected chi connectivity index (χ0v) is 18.2. The van der Waals surface area contributed by atoms with E-state index in [2.05, 4.69) is 24.6 Å². The van der Waals surface area contributed by atoms with Crippen LogP contribution < -0.4 is 20.0 Å². The van der Waals surface area contributed by atoms with Crippen molar-refractivity contribution in [3.8, 4) is 11.4 Å². The largest absolute Gasteiger partial charge is 0.354 e. The monoisotopic (exact) mass is 437 g/mol. The van der Waals surface area contributed by atoms with E-state index in [-0.39, 0.29) is 16.8 Å². The normalized spacial score (nSPS) is 18.0. The number of anilines is 3. The molecule has 0 radical (unpaired) electrons. The summed E-state index contributed by atoms with van der Waals surface area (Å²) in [5, 5.41) is 3.14. The Kier molecular flexibility index (Phi) is 4.93. The number of hydrogen-bond acceptors (Lipinski definition) is 8. The third-order valence-corrected chi connectivity index (χ3v) is 6.53. The molecule has 31 heavy (non-hydrogen) atoms. The number of amides is 1. The summed E-state index contributed by atoms with van der Waals surface area (Å²) in [7, 11) is 1.71. The molecule has 160 valence electrons. The van der Waals surface area contributed by atoms with Crippen LogP contribution in [0.1, 0.15) is 30.1 Å². The fourth-order valence-electron chi connectivity index (χ4n) is 4.30. The fourth-order valence-corrected chi connectivity index (χ4v) is 4.90. The van der Waals surface area contributed by atoms with Crippen LogP contribution in [0.25, 0.3) is 11.4 Å². The van der Waals surface area contributed by atoms with Crippen LogP contribution in [0.15, 0.2) is 35.3 Å². The van der Waals surface area contributed by atoms with Gasteiger partial charge in [-0.15, -0.1) is 0 Å². The molecule has 0 aliphatic carbocycles. The van der Waals surface area contributed by atoms with Gasteiger partial charge in [0.05, 0.1) is 0 Å². The molecule has 2 aliphatic rings. The first kappa shape index (κ1) is 19.7. The van der Waals surface area contributed by atoms with E-state index in [0.717, 1.165) is 42.2 Å². The van der Waals surface area contributed by atoms with Crippen molar-refractivity contribution in [1.82, 2.24) is 18.9 Å². The molecule has 4 heterocycles. The molecule has 5 rings (SSSR count). The molecule has 2 aromatic heterocycles. The molecular formula is C21H23N7O2S. The fraction of sp³-hybridized carbons (Fsp3) is 0.381. The van der Waals surface area contributed by atoms with Crippen LogP contribution in [0.3, 0.4) is 0 Å². The maximum absolute atomic E-state index is 13.6. The summed E-state index contributed by atoms with van der Waals surface area (Å²) in [6.07, 6.45) is 3.70. The molecule has 0 unspecified atom stereocenters. The summed E-state index contributed by atoms with van der Waals surface area (Å²) in [6.45, 7) is 4.16. The molecule has 0 bridgehead atoms. The van der Waals surface area contributed by atoms with Gasteiger partial charge < -0.3 is 15.1 Å². The molecule has 1 saturated heterocycles. The van der Waals surface area contributed by atoms with Crippen molar-refractivity contribution in [1.29, 1.82) is 0 Å². The second-order valence-electron chi connectivity index (χ2n) is 7.75. The molecule has 1 N–H and O–H groups in total. The highest BCUT2D eigenvalue weighted by Gasteiger charge is 2.37. The summed E-state index contributed by atoms with van der Waals surface area (Å²) in [5.74, 6) is 1.73. The number of rotatable bonds is 4. The predicted octanol–water partition coefficient (Wildman–Crippen LogP) is 2.36. The molecule has 9 nitrogen and oxygen atoms in total. The van der Waals surface area contributed by atoms with Gasteiger partial charge in [-0.25, -0.2) is 4.98 Å². The molecule has 10 heteroatoms. The molecule has 0 spiro atoms. The van der Waals surface area contributed by atoms with Crippen molar-refractivity contribution in [3.63, 3.8) is 0 Å². The van der Waals surface area contributed by atoms with Crippen molar-refractivity contribution >= 4 is 34.9 Å². The smallest absolute Gasteiger partial charge is 0.326 e. The first-order chi connectivity index (χ1) is 15.1. The standard InChI is InChI=1S/C21H23N7O2S/c1-3-22-20-23-11-16-18(24-20)27-9-5-8-15(27)12-28(19(16)29)14-7-4-6-13(10-14)17-25-31-21(30)26(17)2/h4,6-7,10-11,15H,3,5,8-9,12H2,1-2H3,(H,22,23,24)/t15-/m0/s1. The number of fused-ring (bicyclic) bond motifs is 3. The van der Waals surface area contributed by atoms with Crippen molar-refractivity contribution in [3.05, 3.63) is 45.7 Å². The third kappa shape index (κ3) is 3.36. The van der Waals surface area contributed by atoms with E-state index in [4.69, 9.17) is 0 Å². The maximum Gasteiger partial charge on any atom is 0.326 e. The van der Waals surface area contributed by atoms with Gasteiger partial charge in [0.25, 0.3) is 5.91 Å². The second-order valence-corrected chi connectivity index (χ2v) is 8.46. The third-order valence-electron chi connectivity index (χ3n) is 5.84. The predicted molar refractivity (Wildman–Crippen MR) is 121 cm³/mol. The molecule has 1 aromatic carbocycles. The lowest BCUT2D eigenvalue weighted by Crippen LogP contribution is -2.39. The maximum atomic E-state index is 13.6. The average molecular weight is 438 g/mol. The van der Waals surface area contributed by atoms with E-state index >= 15 is 0 Å². The quantitative estimate of drug-likeness (QED) is 0.669. The molecule has 3 aromatic rings. The zero-order chi connectivity index (χ0) is 21.5. The molecule has 1 amide bonds. The summed E-state index contributed by atoms with van der Waals surface area (Å²) >= 11 is 0.927. The number of aromatic nitrogens is 4. The Hall–Kier alpha value is -3.27. The van der Waals surface area contributed by atoms with Gasteiger partial charge in [-0.2, -0.15) is 9.36 Å². The first-order valence-corrected chi connectivity index (χ1v) is 11.2. The Morgan fingerprint density at radius 1 is 1.29 bits per heavy atom. The van der Waals surface area contributed by atoms with Crippen molar-refractivity contribution in [2.75, 3.05) is 34.8 Å². The first-order valence-electron chi connectivity index (χ1n) is 10.4. The van der Waals surface area contributed by atoms with Crippen LogP contribution in [0, 0.1) is 0 Å². The summed E-state index contributed by atoms with van der Waals surface area (Å²) in [5.41, 5.74) is 2.09. The highest BCUT2D eigenvalue weighted by atomic mass is 32.1. The van der Waals surface area contributed by atoms with E-state index in [1.165, 1.54) is 4.57 Å². The van der Waals surface area contributed by atoms with Crippen LogP contribution in [0.4, 0.5) is 17.5 Å². The minimum absolute atomic E-state index is 0.114. The molecule has 1 fully saturated rings. The lowest BCUT2D eigenvalue weighted by molar-refractivity contribution is 0.0988. The van der Waals surface area contributed by atoms with Crippen LogP contribution in [-0.2, 0) is 7.05 Å². The van der Waals surface area contributed by atoms with Crippen molar-refractivity contribution < 1.29 is 4.79 Å². The number of benzene rings is 1. The summed E-state index contributed by atoms with van der Waals surface area (Å²) in [4.78, 5) is 38.4. The van der Waals surface area contributed by atoms with E-state index < -0.39 is 0 Å². The Bertz CT molecular complexity index is 1200. The van der Waals surface area contributed by atoms with Crippen LogP contribution in [0.5, 0.6) is 0 Å². The Morgan fingerprint density at radius 2 is 2.16 bits per heavy atom. The number of nitrogens with zero attached hydrogens (tertiary/aromatic N) is 6. The number of hydrogen-bond donors (Lipinski definition) is 1. The van der Waals surface area contributed by atoms with Crippen LogP contribution in [0.2, 0.25) is 0 Å². The number of carbonyl (C=O) groups is 1. The van der Waals surface area contributed by atoms with Crippen molar-refractivity contribution in [2.45, 2.75) is 25.8 Å². The van der Waals surface area contributed by atoms with E-state index in [9.17, 15) is 9.59 Å². The van der Waals surface area contributed by atoms with Gasteiger partial charge in [-0.05, 0) is 31.9 Å². The SMILES string of the molecule is CCNc1ncc2c(n1)N1CCC[C@H]1CN(c1cccc(-c3nsc(=O)n3C)c1)C2=O. The van der Waals surface area contributed by atoms with E-state index in [1.54, 1.807) is 18.1 Å². The lowest BCUT2D eigenvalue weighted by Gasteiger charge is -2.27. The second kappa shape index (κ2) is 7.77. The van der Waals surface area contributed by atoms with Gasteiger partial charge in [0.15, 0.2) is 5.82 Å². The lowest BCUT2D eigenvalue weighted by atomic mass is 10.1. The minimum atomic E-state index is -0.115. The minimum Gasteiger partial charge on any atom is -0.354 e. The van der Waals surface area contributed by atoms with Gasteiger partial charge in [-0.3, -0.25) is 14.2 Å². The van der Waals surface area contributed by atoms with Gasteiger partial charge in [0.1, 0.15) is 11.4 Å². The molecule has 2 aliphatic heterocycles. The zero-order valence-electron chi connectivity index (χ0n) is 17.4. The molecule has 0 saturated carbocycles. The van der Waals surface area contributed by atoms with E-state index in [1.807, 2.05) is 31.2 Å².